The van der Waals surface area contributed by atoms with E-state index in [2.05, 4.69) is 22.1 Å². The number of carbonyl (C=O) groups is 2. The number of hydrogen-bond donors (Lipinski definition) is 2. The van der Waals surface area contributed by atoms with Crippen molar-refractivity contribution in [3.8, 4) is 11.4 Å². The van der Waals surface area contributed by atoms with Crippen molar-refractivity contribution in [3.05, 3.63) is 70.7 Å². The Morgan fingerprint density at radius 1 is 1.13 bits per heavy atom. The summed E-state index contributed by atoms with van der Waals surface area (Å²) < 4.78 is 1.83. The molecule has 2 aromatic carbocycles. The zero-order chi connectivity index (χ0) is 21.7. The molecule has 0 saturated carbocycles. The molecule has 0 fully saturated rings. The molecule has 3 rings (SSSR count). The third kappa shape index (κ3) is 5.21. The molecule has 0 radical (unpaired) electrons. The quantitative estimate of drug-likeness (QED) is 0.366. The van der Waals surface area contributed by atoms with E-state index in [0.717, 1.165) is 5.56 Å². The van der Waals surface area contributed by atoms with Gasteiger partial charge in [-0.1, -0.05) is 41.0 Å². The number of anilines is 1. The number of allylic oxidation sites excluding steroid dienone is 1. The van der Waals surface area contributed by atoms with Crippen LogP contribution in [-0.2, 0) is 11.3 Å². The Bertz CT molecular complexity index is 1100. The highest BCUT2D eigenvalue weighted by Crippen LogP contribution is 2.29. The molecule has 2 N–H and O–H groups in total. The molecule has 30 heavy (non-hydrogen) atoms. The van der Waals surface area contributed by atoms with Crippen LogP contribution in [0.3, 0.4) is 0 Å². The van der Waals surface area contributed by atoms with Crippen molar-refractivity contribution >= 4 is 52.5 Å². The van der Waals surface area contributed by atoms with E-state index >= 15 is 0 Å². The van der Waals surface area contributed by atoms with Crippen molar-refractivity contribution < 1.29 is 14.7 Å². The summed E-state index contributed by atoms with van der Waals surface area (Å²) in [6.07, 6.45) is 1.71. The van der Waals surface area contributed by atoms with E-state index in [1.165, 1.54) is 36.0 Å². The normalized spacial score (nSPS) is 10.6. The Kier molecular flexibility index (Phi) is 7.15. The molecule has 0 saturated heterocycles. The molecule has 154 valence electrons. The fourth-order valence-electron chi connectivity index (χ4n) is 2.56. The Morgan fingerprint density at radius 3 is 2.50 bits per heavy atom. The predicted molar refractivity (Wildman–Crippen MR) is 118 cm³/mol. The summed E-state index contributed by atoms with van der Waals surface area (Å²) >= 11 is 13.3. The molecule has 1 amide bonds. The number of thioether (sulfide) groups is 1. The van der Waals surface area contributed by atoms with Gasteiger partial charge in [-0.25, -0.2) is 4.79 Å². The van der Waals surface area contributed by atoms with E-state index in [4.69, 9.17) is 28.3 Å². The first-order valence-corrected chi connectivity index (χ1v) is 10.4. The van der Waals surface area contributed by atoms with Crippen molar-refractivity contribution in [2.75, 3.05) is 11.1 Å². The van der Waals surface area contributed by atoms with E-state index < -0.39 is 5.97 Å². The molecular formula is C20H16Cl2N4O3S. The van der Waals surface area contributed by atoms with E-state index in [1.807, 2.05) is 4.57 Å². The lowest BCUT2D eigenvalue weighted by molar-refractivity contribution is -0.113. The molecule has 7 nitrogen and oxygen atoms in total. The van der Waals surface area contributed by atoms with Gasteiger partial charge in [0.25, 0.3) is 0 Å². The van der Waals surface area contributed by atoms with Crippen LogP contribution in [0.15, 0.2) is 60.3 Å². The Labute approximate surface area is 186 Å². The smallest absolute Gasteiger partial charge is 0.335 e. The van der Waals surface area contributed by atoms with Crippen LogP contribution in [-0.4, -0.2) is 37.5 Å². The molecule has 0 atom stereocenters. The number of nitrogens with zero attached hydrogens (tertiary/aromatic N) is 3. The molecule has 1 heterocycles. The Hall–Kier alpha value is -2.81. The second kappa shape index (κ2) is 9.80. The summed E-state index contributed by atoms with van der Waals surface area (Å²) in [6, 6.07) is 11.1. The zero-order valence-corrected chi connectivity index (χ0v) is 17.8. The van der Waals surface area contributed by atoms with Crippen molar-refractivity contribution in [2.24, 2.45) is 0 Å². The highest BCUT2D eigenvalue weighted by molar-refractivity contribution is 7.99. The van der Waals surface area contributed by atoms with Crippen molar-refractivity contribution in [2.45, 2.75) is 11.7 Å². The fraction of sp³-hybridized carbons (Fsp3) is 0.100. The average molecular weight is 463 g/mol. The number of carboxylic acid groups (broad SMARTS) is 1. The number of benzene rings is 2. The van der Waals surface area contributed by atoms with Gasteiger partial charge in [-0.05, 0) is 42.5 Å². The molecule has 3 aromatic rings. The van der Waals surface area contributed by atoms with E-state index in [-0.39, 0.29) is 17.2 Å². The van der Waals surface area contributed by atoms with Crippen LogP contribution in [0.5, 0.6) is 0 Å². The third-order valence-electron chi connectivity index (χ3n) is 3.95. The van der Waals surface area contributed by atoms with E-state index in [9.17, 15) is 9.59 Å². The summed E-state index contributed by atoms with van der Waals surface area (Å²) in [6.45, 7) is 4.21. The van der Waals surface area contributed by atoms with Crippen LogP contribution in [0.25, 0.3) is 11.4 Å². The third-order valence-corrected chi connectivity index (χ3v) is 5.66. The highest BCUT2D eigenvalue weighted by Gasteiger charge is 2.16. The van der Waals surface area contributed by atoms with E-state index in [0.29, 0.717) is 33.3 Å². The second-order valence-corrected chi connectivity index (χ2v) is 7.81. The summed E-state index contributed by atoms with van der Waals surface area (Å²) in [7, 11) is 0. The Balaban J connectivity index is 1.70. The van der Waals surface area contributed by atoms with Crippen LogP contribution in [0.1, 0.15) is 10.4 Å². The van der Waals surface area contributed by atoms with Gasteiger partial charge in [0.15, 0.2) is 11.0 Å². The van der Waals surface area contributed by atoms with Crippen LogP contribution >= 0.6 is 35.0 Å². The van der Waals surface area contributed by atoms with Gasteiger partial charge in [-0.3, -0.25) is 9.36 Å². The zero-order valence-electron chi connectivity index (χ0n) is 15.5. The highest BCUT2D eigenvalue weighted by atomic mass is 35.5. The molecule has 0 unspecified atom stereocenters. The van der Waals surface area contributed by atoms with E-state index in [1.54, 1.807) is 24.3 Å². The van der Waals surface area contributed by atoms with Gasteiger partial charge in [0, 0.05) is 17.8 Å². The van der Waals surface area contributed by atoms with Gasteiger partial charge in [0.05, 0.1) is 21.4 Å². The lowest BCUT2D eigenvalue weighted by Crippen LogP contribution is -2.14. The molecule has 0 bridgehead atoms. The Morgan fingerprint density at radius 2 is 1.87 bits per heavy atom. The first-order chi connectivity index (χ1) is 14.4. The summed E-state index contributed by atoms with van der Waals surface area (Å²) in [4.78, 5) is 23.2. The molecule has 0 aliphatic carbocycles. The van der Waals surface area contributed by atoms with Crippen LogP contribution in [0, 0.1) is 0 Å². The van der Waals surface area contributed by atoms with Crippen molar-refractivity contribution in [3.63, 3.8) is 0 Å². The summed E-state index contributed by atoms with van der Waals surface area (Å²) in [5.41, 5.74) is 1.40. The SMILES string of the molecule is C=CCn1c(SCC(=O)Nc2ccc(C(=O)O)cc2)nnc1-c1ccc(Cl)c(Cl)c1. The number of carbonyl (C=O) groups excluding carboxylic acids is 1. The van der Waals surface area contributed by atoms with Crippen LogP contribution in [0.4, 0.5) is 5.69 Å². The van der Waals surface area contributed by atoms with Crippen molar-refractivity contribution in [1.29, 1.82) is 0 Å². The molecule has 1 aromatic heterocycles. The van der Waals surface area contributed by atoms with Gasteiger partial charge in [-0.15, -0.1) is 16.8 Å². The average Bonchev–Trinajstić information content (AvgIpc) is 3.12. The molecule has 0 spiro atoms. The monoisotopic (exact) mass is 462 g/mol. The van der Waals surface area contributed by atoms with Gasteiger partial charge in [-0.2, -0.15) is 0 Å². The van der Waals surface area contributed by atoms with Gasteiger partial charge in [0.1, 0.15) is 0 Å². The molecule has 0 aliphatic heterocycles. The minimum Gasteiger partial charge on any atom is -0.478 e. The van der Waals surface area contributed by atoms with Crippen LogP contribution < -0.4 is 5.32 Å². The minimum absolute atomic E-state index is 0.0946. The lowest BCUT2D eigenvalue weighted by atomic mass is 10.2. The maximum atomic E-state index is 12.3. The topological polar surface area (TPSA) is 97.1 Å². The minimum atomic E-state index is -1.03. The van der Waals surface area contributed by atoms with Gasteiger partial charge in [0.2, 0.25) is 5.91 Å². The maximum absolute atomic E-state index is 12.3. The van der Waals surface area contributed by atoms with Gasteiger partial charge >= 0.3 is 5.97 Å². The summed E-state index contributed by atoms with van der Waals surface area (Å²) in [5.74, 6) is -0.604. The second-order valence-electron chi connectivity index (χ2n) is 6.05. The molecule has 0 aliphatic rings. The molecule has 10 heteroatoms. The first kappa shape index (κ1) is 21.9. The standard InChI is InChI=1S/C20H16Cl2N4O3S/c1-2-9-26-18(13-5-8-15(21)16(22)10-13)24-25-20(26)30-11-17(27)23-14-6-3-12(4-7-14)19(28)29/h2-8,10H,1,9,11H2,(H,23,27)(H,28,29). The largest absolute Gasteiger partial charge is 0.478 e. The number of aromatic carboxylic acids is 1. The lowest BCUT2D eigenvalue weighted by Gasteiger charge is -2.09. The predicted octanol–water partition coefficient (Wildman–Crippen LogP) is 4.87. The number of carboxylic acids is 1. The van der Waals surface area contributed by atoms with Gasteiger partial charge < -0.3 is 10.4 Å². The van der Waals surface area contributed by atoms with Crippen molar-refractivity contribution in [1.82, 2.24) is 14.8 Å². The number of halogens is 2. The first-order valence-electron chi connectivity index (χ1n) is 8.64. The fourth-order valence-corrected chi connectivity index (χ4v) is 3.61. The number of rotatable bonds is 8. The summed E-state index contributed by atoms with van der Waals surface area (Å²) in [5, 5.41) is 21.4. The number of amides is 1. The number of nitrogens with one attached hydrogen (secondary N) is 1. The molecular weight excluding hydrogens is 447 g/mol. The van der Waals surface area contributed by atoms with Crippen LogP contribution in [0.2, 0.25) is 10.0 Å². The number of hydrogen-bond acceptors (Lipinski definition) is 5. The maximum Gasteiger partial charge on any atom is 0.335 e. The number of aromatic nitrogens is 3.